The van der Waals surface area contributed by atoms with E-state index >= 15 is 0 Å². The van der Waals surface area contributed by atoms with Crippen molar-refractivity contribution in [1.29, 1.82) is 0 Å². The van der Waals surface area contributed by atoms with Gasteiger partial charge in [0.1, 0.15) is 11.6 Å². The van der Waals surface area contributed by atoms with Crippen molar-refractivity contribution in [2.75, 3.05) is 11.5 Å². The van der Waals surface area contributed by atoms with Crippen LogP contribution < -0.4 is 5.73 Å². The molecule has 1 aromatic carbocycles. The summed E-state index contributed by atoms with van der Waals surface area (Å²) in [5, 5.41) is 0. The summed E-state index contributed by atoms with van der Waals surface area (Å²) in [6, 6.07) is 2.40. The number of thioether (sulfide) groups is 1. The summed E-state index contributed by atoms with van der Waals surface area (Å²) in [6.07, 6.45) is 0.224. The number of halogens is 3. The third-order valence-corrected chi connectivity index (χ3v) is 4.57. The summed E-state index contributed by atoms with van der Waals surface area (Å²) < 4.78 is 27.5. The highest BCUT2D eigenvalue weighted by atomic mass is 79.9. The van der Waals surface area contributed by atoms with Crippen LogP contribution in [0.1, 0.15) is 19.4 Å². The van der Waals surface area contributed by atoms with Crippen molar-refractivity contribution >= 4 is 27.7 Å². The number of benzene rings is 1. The average molecular weight is 338 g/mol. The lowest BCUT2D eigenvalue weighted by atomic mass is 10.1. The number of nitrogens with two attached hydrogens (primary N) is 1. The maximum Gasteiger partial charge on any atom is 0.143 e. The third-order valence-electron chi connectivity index (χ3n) is 2.39. The van der Waals surface area contributed by atoms with Crippen LogP contribution >= 0.6 is 27.7 Å². The van der Waals surface area contributed by atoms with Crippen molar-refractivity contribution in [3.8, 4) is 0 Å². The zero-order chi connectivity index (χ0) is 13.7. The Hall–Kier alpha value is -0.130. The van der Waals surface area contributed by atoms with Gasteiger partial charge in [-0.05, 0) is 46.2 Å². The topological polar surface area (TPSA) is 26.0 Å². The minimum Gasteiger partial charge on any atom is -0.327 e. The first-order valence-electron chi connectivity index (χ1n) is 5.87. The fourth-order valence-corrected chi connectivity index (χ4v) is 2.93. The van der Waals surface area contributed by atoms with Crippen molar-refractivity contribution in [2.24, 2.45) is 11.7 Å². The van der Waals surface area contributed by atoms with Gasteiger partial charge in [0.15, 0.2) is 0 Å². The Kier molecular flexibility index (Phi) is 6.60. The fraction of sp³-hybridized carbons (Fsp3) is 0.538. The highest BCUT2D eigenvalue weighted by Crippen LogP contribution is 2.23. The van der Waals surface area contributed by atoms with E-state index in [0.29, 0.717) is 11.7 Å². The van der Waals surface area contributed by atoms with Crippen molar-refractivity contribution in [2.45, 2.75) is 26.3 Å². The van der Waals surface area contributed by atoms with Gasteiger partial charge in [0.25, 0.3) is 0 Å². The van der Waals surface area contributed by atoms with Gasteiger partial charge in [-0.25, -0.2) is 8.78 Å². The zero-order valence-electron chi connectivity index (χ0n) is 10.6. The van der Waals surface area contributed by atoms with Gasteiger partial charge in [-0.1, -0.05) is 13.8 Å². The lowest BCUT2D eigenvalue weighted by molar-refractivity contribution is 0.539. The molecule has 0 aliphatic rings. The molecule has 102 valence electrons. The van der Waals surface area contributed by atoms with Crippen LogP contribution in [0.25, 0.3) is 0 Å². The molecule has 0 aliphatic carbocycles. The van der Waals surface area contributed by atoms with Crippen LogP contribution in [0.4, 0.5) is 8.78 Å². The molecule has 0 amide bonds. The molecule has 0 fully saturated rings. The van der Waals surface area contributed by atoms with Gasteiger partial charge in [-0.2, -0.15) is 11.8 Å². The van der Waals surface area contributed by atoms with E-state index in [-0.39, 0.29) is 22.5 Å². The summed E-state index contributed by atoms with van der Waals surface area (Å²) >= 11 is 4.78. The monoisotopic (exact) mass is 337 g/mol. The molecule has 0 radical (unpaired) electrons. The van der Waals surface area contributed by atoms with E-state index in [4.69, 9.17) is 5.73 Å². The number of rotatable bonds is 6. The molecule has 0 heterocycles. The molecular weight excluding hydrogens is 320 g/mol. The van der Waals surface area contributed by atoms with Gasteiger partial charge in [0.2, 0.25) is 0 Å². The largest absolute Gasteiger partial charge is 0.327 e. The van der Waals surface area contributed by atoms with Gasteiger partial charge >= 0.3 is 0 Å². The van der Waals surface area contributed by atoms with E-state index in [1.807, 2.05) is 0 Å². The van der Waals surface area contributed by atoms with Gasteiger partial charge in [0, 0.05) is 17.4 Å². The first kappa shape index (κ1) is 15.9. The third kappa shape index (κ3) is 4.86. The highest BCUT2D eigenvalue weighted by molar-refractivity contribution is 9.10. The molecule has 18 heavy (non-hydrogen) atoms. The summed E-state index contributed by atoms with van der Waals surface area (Å²) in [6.45, 7) is 4.26. The van der Waals surface area contributed by atoms with Crippen molar-refractivity contribution in [3.05, 3.63) is 33.8 Å². The fourth-order valence-electron chi connectivity index (χ4n) is 1.53. The number of hydrogen-bond donors (Lipinski definition) is 1. The van der Waals surface area contributed by atoms with E-state index in [1.165, 1.54) is 12.1 Å². The van der Waals surface area contributed by atoms with E-state index in [2.05, 4.69) is 29.8 Å². The summed E-state index contributed by atoms with van der Waals surface area (Å²) in [5.74, 6) is 1.25. The molecule has 0 saturated carbocycles. The molecule has 0 bridgehead atoms. The van der Waals surface area contributed by atoms with Crippen molar-refractivity contribution in [1.82, 2.24) is 0 Å². The quantitative estimate of drug-likeness (QED) is 0.794. The Morgan fingerprint density at radius 2 is 1.94 bits per heavy atom. The average Bonchev–Trinajstić information content (AvgIpc) is 2.29. The lowest BCUT2D eigenvalue weighted by Crippen LogP contribution is -2.27. The van der Waals surface area contributed by atoms with Crippen LogP contribution in [0.15, 0.2) is 16.6 Å². The highest BCUT2D eigenvalue weighted by Gasteiger charge is 2.15. The summed E-state index contributed by atoms with van der Waals surface area (Å²) in [7, 11) is 0. The van der Waals surface area contributed by atoms with Gasteiger partial charge < -0.3 is 5.73 Å². The summed E-state index contributed by atoms with van der Waals surface area (Å²) in [4.78, 5) is 0. The first-order valence-corrected chi connectivity index (χ1v) is 7.82. The van der Waals surface area contributed by atoms with E-state index < -0.39 is 11.6 Å². The van der Waals surface area contributed by atoms with Crippen molar-refractivity contribution < 1.29 is 8.78 Å². The van der Waals surface area contributed by atoms with Crippen LogP contribution in [-0.4, -0.2) is 17.5 Å². The Bertz CT molecular complexity index is 399. The Balaban J connectivity index is 2.59. The van der Waals surface area contributed by atoms with Crippen LogP contribution in [-0.2, 0) is 6.42 Å². The summed E-state index contributed by atoms with van der Waals surface area (Å²) in [5.41, 5.74) is 5.98. The van der Waals surface area contributed by atoms with E-state index in [0.717, 1.165) is 5.75 Å². The molecule has 0 aliphatic heterocycles. The second-order valence-corrected chi connectivity index (χ2v) is 6.65. The second-order valence-electron chi connectivity index (χ2n) is 4.72. The minimum absolute atomic E-state index is 0.0713. The molecule has 0 aromatic heterocycles. The molecule has 0 saturated heterocycles. The molecular formula is C13H18BrF2NS. The molecule has 0 spiro atoms. The predicted molar refractivity (Wildman–Crippen MR) is 77.9 cm³/mol. The molecule has 2 N–H and O–H groups in total. The Morgan fingerprint density at radius 1 is 1.28 bits per heavy atom. The molecule has 1 atom stereocenters. The SMILES string of the molecule is CC(C)CSCC(N)Cc1c(F)ccc(Br)c1F. The Morgan fingerprint density at radius 3 is 2.56 bits per heavy atom. The lowest BCUT2D eigenvalue weighted by Gasteiger charge is -2.14. The maximum absolute atomic E-state index is 13.7. The molecule has 1 unspecified atom stereocenters. The maximum atomic E-state index is 13.7. The minimum atomic E-state index is -0.542. The smallest absolute Gasteiger partial charge is 0.143 e. The van der Waals surface area contributed by atoms with Crippen molar-refractivity contribution in [3.63, 3.8) is 0 Å². The van der Waals surface area contributed by atoms with Gasteiger partial charge in [-0.15, -0.1) is 0 Å². The van der Waals surface area contributed by atoms with Gasteiger partial charge in [-0.3, -0.25) is 0 Å². The van der Waals surface area contributed by atoms with Gasteiger partial charge in [0.05, 0.1) is 4.47 Å². The number of hydrogen-bond acceptors (Lipinski definition) is 2. The van der Waals surface area contributed by atoms with E-state index in [1.54, 1.807) is 11.8 Å². The van der Waals surface area contributed by atoms with Crippen LogP contribution in [0, 0.1) is 17.6 Å². The predicted octanol–water partition coefficient (Wildman–Crippen LogP) is 3.99. The molecule has 1 nitrogen and oxygen atoms in total. The molecule has 1 rings (SSSR count). The van der Waals surface area contributed by atoms with Crippen LogP contribution in [0.2, 0.25) is 0 Å². The molecule has 1 aromatic rings. The Labute approximate surface area is 120 Å². The molecule has 5 heteroatoms. The standard InChI is InChI=1S/C13H18BrF2NS/c1-8(2)6-18-7-9(17)5-10-12(15)4-3-11(14)13(10)16/h3-4,8-9H,5-7,17H2,1-2H3. The van der Waals surface area contributed by atoms with Crippen LogP contribution in [0.3, 0.4) is 0 Å². The zero-order valence-corrected chi connectivity index (χ0v) is 13.0. The second kappa shape index (κ2) is 7.46. The first-order chi connectivity index (χ1) is 8.41. The van der Waals surface area contributed by atoms with E-state index in [9.17, 15) is 8.78 Å². The normalized spacial score (nSPS) is 13.1. The van der Waals surface area contributed by atoms with Crippen LogP contribution in [0.5, 0.6) is 0 Å².